The van der Waals surface area contributed by atoms with Gasteiger partial charge in [-0.05, 0) is 0 Å². The van der Waals surface area contributed by atoms with Crippen molar-refractivity contribution in [2.24, 2.45) is 0 Å². The van der Waals surface area contributed by atoms with Gasteiger partial charge in [0.15, 0.2) is 0 Å². The van der Waals surface area contributed by atoms with Crippen LogP contribution < -0.4 is 0 Å². The van der Waals surface area contributed by atoms with Crippen LogP contribution in [0.5, 0.6) is 0 Å². The van der Waals surface area contributed by atoms with Gasteiger partial charge in [0.25, 0.3) is 0 Å². The standard InChI is InChI=1S/C13H9Br2.C2H4O2.Sn.2H/c14-12-5-1-10(2-6-12)9-11-3-7-13(15)8-4-11;1-2(3)4;;;/h1-9H;1H3,(H,3,4);;;/q;;+1;;/p-1. The average molecular weight is 505 g/mol. The normalized spacial score (nSPS) is 11.2. The molecular formula is C15H14Br2O2Sn. The first-order chi connectivity index (χ1) is 9.56. The van der Waals surface area contributed by atoms with Crippen molar-refractivity contribution in [2.45, 2.75) is 10.9 Å². The Morgan fingerprint density at radius 3 is 1.70 bits per heavy atom. The van der Waals surface area contributed by atoms with Crippen LogP contribution in [0.25, 0.3) is 0 Å². The van der Waals surface area contributed by atoms with Crippen molar-refractivity contribution in [3.05, 3.63) is 68.6 Å². The predicted octanol–water partition coefficient (Wildman–Crippen LogP) is 3.95. The maximum atomic E-state index is 11.1. The Balaban J connectivity index is 2.30. The molecule has 20 heavy (non-hydrogen) atoms. The molecule has 0 aliphatic heterocycles. The summed E-state index contributed by atoms with van der Waals surface area (Å²) in [7, 11) is 0. The second kappa shape index (κ2) is 7.61. The molecule has 0 radical (unpaired) electrons. The van der Waals surface area contributed by atoms with Crippen molar-refractivity contribution in [1.29, 1.82) is 0 Å². The molecule has 0 spiro atoms. The van der Waals surface area contributed by atoms with Gasteiger partial charge in [0.2, 0.25) is 0 Å². The predicted molar refractivity (Wildman–Crippen MR) is 90.4 cm³/mol. The van der Waals surface area contributed by atoms with Crippen LogP contribution in [0.15, 0.2) is 57.5 Å². The van der Waals surface area contributed by atoms with Crippen molar-refractivity contribution in [3.63, 3.8) is 0 Å². The Morgan fingerprint density at radius 2 is 1.35 bits per heavy atom. The second-order valence-electron chi connectivity index (χ2n) is 4.46. The summed E-state index contributed by atoms with van der Waals surface area (Å²) in [5, 5.41) is 0. The van der Waals surface area contributed by atoms with E-state index < -0.39 is 21.6 Å². The number of rotatable bonds is 4. The molecule has 0 fully saturated rings. The molecular weight excluding hydrogens is 491 g/mol. The molecule has 0 N–H and O–H groups in total. The van der Waals surface area contributed by atoms with E-state index in [1.807, 2.05) is 24.3 Å². The monoisotopic (exact) mass is 504 g/mol. The Labute approximate surface area is 145 Å². The Bertz CT molecular complexity index is 536. The van der Waals surface area contributed by atoms with Crippen LogP contribution in [0.3, 0.4) is 0 Å². The third kappa shape index (κ3) is 4.60. The SMILES string of the molecule is CC(=O)[O][SnH2][CH](c1ccc(Br)cc1)c1ccc(Br)cc1. The van der Waals surface area contributed by atoms with E-state index >= 15 is 0 Å². The van der Waals surface area contributed by atoms with E-state index in [2.05, 4.69) is 56.1 Å². The molecule has 0 unspecified atom stereocenters. The zero-order valence-electron chi connectivity index (χ0n) is 11.0. The van der Waals surface area contributed by atoms with Crippen LogP contribution in [0.2, 0.25) is 0 Å². The van der Waals surface area contributed by atoms with Crippen LogP contribution in [-0.4, -0.2) is 27.5 Å². The van der Waals surface area contributed by atoms with Gasteiger partial charge < -0.3 is 0 Å². The van der Waals surface area contributed by atoms with Crippen molar-refractivity contribution in [3.8, 4) is 0 Å². The van der Waals surface area contributed by atoms with Crippen LogP contribution in [0.4, 0.5) is 0 Å². The summed E-state index contributed by atoms with van der Waals surface area (Å²) in [6.45, 7) is 1.48. The van der Waals surface area contributed by atoms with Gasteiger partial charge in [0.05, 0.1) is 0 Å². The topological polar surface area (TPSA) is 26.3 Å². The molecule has 0 amide bonds. The zero-order chi connectivity index (χ0) is 14.5. The van der Waals surface area contributed by atoms with E-state index in [1.165, 1.54) is 18.1 Å². The molecule has 2 aromatic rings. The zero-order valence-corrected chi connectivity index (χ0v) is 18.2. The van der Waals surface area contributed by atoms with Gasteiger partial charge in [-0.15, -0.1) is 0 Å². The molecule has 0 atom stereocenters. The van der Waals surface area contributed by atoms with Gasteiger partial charge in [0.1, 0.15) is 0 Å². The van der Waals surface area contributed by atoms with Gasteiger partial charge in [-0.3, -0.25) is 0 Å². The van der Waals surface area contributed by atoms with E-state index in [-0.39, 0.29) is 9.90 Å². The quantitative estimate of drug-likeness (QED) is 0.590. The Morgan fingerprint density at radius 1 is 0.950 bits per heavy atom. The molecule has 0 saturated carbocycles. The molecule has 0 heterocycles. The number of carbonyl (C=O) groups is 1. The summed E-state index contributed by atoms with van der Waals surface area (Å²) in [5.41, 5.74) is 2.43. The number of benzene rings is 2. The Hall–Kier alpha value is -0.331. The van der Waals surface area contributed by atoms with Crippen molar-refractivity contribution >= 4 is 59.4 Å². The van der Waals surface area contributed by atoms with Crippen molar-refractivity contribution in [2.75, 3.05) is 0 Å². The van der Waals surface area contributed by atoms with Crippen LogP contribution >= 0.6 is 31.9 Å². The van der Waals surface area contributed by atoms with Crippen molar-refractivity contribution in [1.82, 2.24) is 0 Å². The van der Waals surface area contributed by atoms with E-state index in [9.17, 15) is 4.79 Å². The van der Waals surface area contributed by atoms with E-state index in [0.29, 0.717) is 0 Å². The fraction of sp³-hybridized carbons (Fsp3) is 0.133. The molecule has 2 rings (SSSR count). The summed E-state index contributed by atoms with van der Waals surface area (Å²) < 4.78 is 7.78. The number of hydrogen-bond donors (Lipinski definition) is 0. The molecule has 0 aromatic heterocycles. The molecule has 0 bridgehead atoms. The van der Waals surface area contributed by atoms with Crippen LogP contribution in [0, 0.1) is 0 Å². The average Bonchev–Trinajstić information content (AvgIpc) is 2.42. The summed E-state index contributed by atoms with van der Waals surface area (Å²) in [4.78, 5) is 11.1. The van der Waals surface area contributed by atoms with Gasteiger partial charge in [0, 0.05) is 0 Å². The second-order valence-corrected chi connectivity index (χ2v) is 10.4. The van der Waals surface area contributed by atoms with Gasteiger partial charge >= 0.3 is 147 Å². The molecule has 2 nitrogen and oxygen atoms in total. The molecule has 104 valence electrons. The van der Waals surface area contributed by atoms with Crippen molar-refractivity contribution < 1.29 is 7.87 Å². The minimum atomic E-state index is -1.72. The summed E-state index contributed by atoms with van der Waals surface area (Å²) >= 11 is 5.17. The first kappa shape index (κ1) is 16.0. The molecule has 5 heteroatoms. The molecule has 0 aliphatic carbocycles. The molecule has 0 aliphatic rings. The Kier molecular flexibility index (Phi) is 6.11. The van der Waals surface area contributed by atoms with Gasteiger partial charge in [-0.2, -0.15) is 0 Å². The first-order valence-corrected chi connectivity index (χ1v) is 11.8. The maximum absolute atomic E-state index is 11.1. The fourth-order valence-electron chi connectivity index (χ4n) is 1.98. The van der Waals surface area contributed by atoms with Crippen LogP contribution in [0.1, 0.15) is 22.0 Å². The third-order valence-electron chi connectivity index (χ3n) is 3.00. The van der Waals surface area contributed by atoms with E-state index in [4.69, 9.17) is 3.07 Å². The van der Waals surface area contributed by atoms with Gasteiger partial charge in [-0.25, -0.2) is 0 Å². The fourth-order valence-corrected chi connectivity index (χ4v) is 6.30. The molecule has 0 saturated heterocycles. The summed E-state index contributed by atoms with van der Waals surface area (Å²) in [5.74, 6) is -0.167. The summed E-state index contributed by atoms with van der Waals surface area (Å²) in [6, 6.07) is 16.5. The number of halogens is 2. The minimum absolute atomic E-state index is 0.167. The number of hydrogen-bond acceptors (Lipinski definition) is 2. The van der Waals surface area contributed by atoms with Gasteiger partial charge in [-0.1, -0.05) is 0 Å². The van der Waals surface area contributed by atoms with E-state index in [0.717, 1.165) is 8.95 Å². The first-order valence-electron chi connectivity index (χ1n) is 6.20. The van der Waals surface area contributed by atoms with E-state index in [1.54, 1.807) is 0 Å². The molecule has 2 aromatic carbocycles. The number of carbonyl (C=O) groups excluding carboxylic acids is 1. The third-order valence-corrected chi connectivity index (χ3v) is 9.33. The summed E-state index contributed by atoms with van der Waals surface area (Å²) in [6.07, 6.45) is 0. The van der Waals surface area contributed by atoms with Crippen LogP contribution in [-0.2, 0) is 7.87 Å².